The van der Waals surface area contributed by atoms with Crippen LogP contribution in [0, 0.1) is 11.7 Å². The van der Waals surface area contributed by atoms with E-state index in [-0.39, 0.29) is 29.3 Å². The third kappa shape index (κ3) is 2.95. The van der Waals surface area contributed by atoms with Crippen LogP contribution in [0.25, 0.3) is 0 Å². The molecular formula is C22H26FNO. The van der Waals surface area contributed by atoms with Gasteiger partial charge in [0.25, 0.3) is 0 Å². The van der Waals surface area contributed by atoms with Crippen LogP contribution in [0.4, 0.5) is 10.1 Å². The molecule has 2 nitrogen and oxygen atoms in total. The standard InChI is InChI=1S/C22H26FNO/c1-22(2,3)14-10-11-19-17(13-14)21-16(8-6-12-25-21)20(24-19)15-7-4-5-9-18(15)23/h4-5,7,9-11,13,16,20-21,24H,6,8,12H2,1-3H3/t16-,20-,21-/m0/s1. The van der Waals surface area contributed by atoms with Gasteiger partial charge in [-0.25, -0.2) is 4.39 Å². The van der Waals surface area contributed by atoms with Crippen molar-refractivity contribution in [2.24, 2.45) is 5.92 Å². The maximum atomic E-state index is 14.4. The second-order valence-electron chi connectivity index (χ2n) is 8.29. The van der Waals surface area contributed by atoms with Crippen LogP contribution in [-0.4, -0.2) is 6.61 Å². The summed E-state index contributed by atoms with van der Waals surface area (Å²) >= 11 is 0. The van der Waals surface area contributed by atoms with E-state index in [9.17, 15) is 4.39 Å². The highest BCUT2D eigenvalue weighted by atomic mass is 19.1. The third-order valence-electron chi connectivity index (χ3n) is 5.57. The Hall–Kier alpha value is -1.87. The molecule has 2 aromatic rings. The molecule has 25 heavy (non-hydrogen) atoms. The van der Waals surface area contributed by atoms with E-state index in [1.165, 1.54) is 11.1 Å². The van der Waals surface area contributed by atoms with Crippen LogP contribution in [0.2, 0.25) is 0 Å². The molecule has 0 amide bonds. The quantitative estimate of drug-likeness (QED) is 0.713. The molecule has 0 spiro atoms. The molecule has 0 aliphatic carbocycles. The Morgan fingerprint density at radius 1 is 1.08 bits per heavy atom. The zero-order chi connectivity index (χ0) is 17.6. The molecule has 2 aromatic carbocycles. The van der Waals surface area contributed by atoms with Gasteiger partial charge in [0.15, 0.2) is 0 Å². The highest BCUT2D eigenvalue weighted by Gasteiger charge is 2.41. The van der Waals surface area contributed by atoms with E-state index < -0.39 is 0 Å². The fourth-order valence-corrected chi connectivity index (χ4v) is 4.17. The minimum absolute atomic E-state index is 0.0388. The molecule has 0 unspecified atom stereocenters. The maximum Gasteiger partial charge on any atom is 0.128 e. The van der Waals surface area contributed by atoms with Gasteiger partial charge in [-0.3, -0.25) is 0 Å². The molecule has 1 saturated heterocycles. The average Bonchev–Trinajstić information content (AvgIpc) is 2.60. The summed E-state index contributed by atoms with van der Waals surface area (Å²) in [4.78, 5) is 0. The Labute approximate surface area is 149 Å². The lowest BCUT2D eigenvalue weighted by molar-refractivity contribution is -0.0385. The second kappa shape index (κ2) is 6.14. The third-order valence-corrected chi connectivity index (χ3v) is 5.57. The minimum Gasteiger partial charge on any atom is -0.377 e. The summed E-state index contributed by atoms with van der Waals surface area (Å²) in [6, 6.07) is 13.7. The largest absolute Gasteiger partial charge is 0.377 e. The van der Waals surface area contributed by atoms with E-state index in [0.717, 1.165) is 30.7 Å². The molecule has 2 heterocycles. The van der Waals surface area contributed by atoms with Crippen molar-refractivity contribution in [2.75, 3.05) is 11.9 Å². The summed E-state index contributed by atoms with van der Waals surface area (Å²) in [6.07, 6.45) is 2.12. The van der Waals surface area contributed by atoms with Gasteiger partial charge in [-0.15, -0.1) is 0 Å². The van der Waals surface area contributed by atoms with Crippen LogP contribution >= 0.6 is 0 Å². The second-order valence-corrected chi connectivity index (χ2v) is 8.29. The number of hydrogen-bond donors (Lipinski definition) is 1. The van der Waals surface area contributed by atoms with Crippen LogP contribution in [0.15, 0.2) is 42.5 Å². The highest BCUT2D eigenvalue weighted by Crippen LogP contribution is 2.50. The van der Waals surface area contributed by atoms with Crippen LogP contribution < -0.4 is 5.32 Å². The van der Waals surface area contributed by atoms with Gasteiger partial charge in [0.05, 0.1) is 12.1 Å². The van der Waals surface area contributed by atoms with E-state index in [0.29, 0.717) is 0 Å². The first-order valence-corrected chi connectivity index (χ1v) is 9.22. The molecule has 0 radical (unpaired) electrons. The Morgan fingerprint density at radius 2 is 1.88 bits per heavy atom. The molecule has 2 aliphatic heterocycles. The molecule has 1 N–H and O–H groups in total. The van der Waals surface area contributed by atoms with Gasteiger partial charge in [0.2, 0.25) is 0 Å². The van der Waals surface area contributed by atoms with E-state index in [1.54, 1.807) is 12.1 Å². The van der Waals surface area contributed by atoms with Crippen molar-refractivity contribution in [1.29, 1.82) is 0 Å². The lowest BCUT2D eigenvalue weighted by atomic mass is 9.75. The number of benzene rings is 2. The van der Waals surface area contributed by atoms with Crippen LogP contribution in [0.1, 0.15) is 62.4 Å². The lowest BCUT2D eigenvalue weighted by Crippen LogP contribution is -2.36. The van der Waals surface area contributed by atoms with Crippen LogP contribution in [0.3, 0.4) is 0 Å². The molecule has 1 fully saturated rings. The normalized spacial score (nSPS) is 25.7. The van der Waals surface area contributed by atoms with Crippen molar-refractivity contribution in [1.82, 2.24) is 0 Å². The molecule has 4 rings (SSSR count). The summed E-state index contributed by atoms with van der Waals surface area (Å²) in [6.45, 7) is 7.47. The topological polar surface area (TPSA) is 21.3 Å². The average molecular weight is 339 g/mol. The smallest absolute Gasteiger partial charge is 0.128 e. The Kier molecular flexibility index (Phi) is 4.07. The Morgan fingerprint density at radius 3 is 2.64 bits per heavy atom. The van der Waals surface area contributed by atoms with E-state index in [4.69, 9.17) is 4.74 Å². The molecule has 0 aromatic heterocycles. The van der Waals surface area contributed by atoms with E-state index in [1.807, 2.05) is 12.1 Å². The number of anilines is 1. The SMILES string of the molecule is CC(C)(C)c1ccc2c(c1)[C@H]1OCCC[C@H]1[C@H](c1ccccc1F)N2. The van der Waals surface area contributed by atoms with Gasteiger partial charge in [-0.1, -0.05) is 51.1 Å². The van der Waals surface area contributed by atoms with E-state index in [2.05, 4.69) is 44.3 Å². The maximum absolute atomic E-state index is 14.4. The first-order chi connectivity index (χ1) is 11.9. The monoisotopic (exact) mass is 339 g/mol. The van der Waals surface area contributed by atoms with Gasteiger partial charge < -0.3 is 10.1 Å². The van der Waals surface area contributed by atoms with Crippen molar-refractivity contribution < 1.29 is 9.13 Å². The lowest BCUT2D eigenvalue weighted by Gasteiger charge is -2.44. The Balaban J connectivity index is 1.79. The van der Waals surface area contributed by atoms with Crippen molar-refractivity contribution in [3.8, 4) is 0 Å². The number of ether oxygens (including phenoxy) is 1. The molecule has 132 valence electrons. The fourth-order valence-electron chi connectivity index (χ4n) is 4.17. The first kappa shape index (κ1) is 16.6. The molecule has 3 atom stereocenters. The highest BCUT2D eigenvalue weighted by molar-refractivity contribution is 5.59. The number of rotatable bonds is 1. The van der Waals surface area contributed by atoms with Crippen LogP contribution in [0.5, 0.6) is 0 Å². The predicted octanol–water partition coefficient (Wildman–Crippen LogP) is 5.76. The number of halogens is 1. The summed E-state index contributed by atoms with van der Waals surface area (Å²) in [7, 11) is 0. The zero-order valence-corrected chi connectivity index (χ0v) is 15.2. The molecule has 0 bridgehead atoms. The summed E-state index contributed by atoms with van der Waals surface area (Å²) in [5.41, 5.74) is 4.45. The minimum atomic E-state index is -0.140. The zero-order valence-electron chi connectivity index (χ0n) is 15.2. The van der Waals surface area contributed by atoms with Gasteiger partial charge in [-0.05, 0) is 36.0 Å². The van der Waals surface area contributed by atoms with Crippen molar-refractivity contribution in [3.05, 3.63) is 65.0 Å². The van der Waals surface area contributed by atoms with Gasteiger partial charge in [0, 0.05) is 29.3 Å². The van der Waals surface area contributed by atoms with Gasteiger partial charge >= 0.3 is 0 Å². The molecule has 0 saturated carbocycles. The summed E-state index contributed by atoms with van der Waals surface area (Å²) < 4.78 is 20.7. The summed E-state index contributed by atoms with van der Waals surface area (Å²) in [5, 5.41) is 3.61. The number of fused-ring (bicyclic) bond motifs is 3. The van der Waals surface area contributed by atoms with Crippen molar-refractivity contribution in [3.63, 3.8) is 0 Å². The molecular weight excluding hydrogens is 313 g/mol. The van der Waals surface area contributed by atoms with Crippen molar-refractivity contribution in [2.45, 2.75) is 51.2 Å². The molecule has 3 heteroatoms. The fraction of sp³-hybridized carbons (Fsp3) is 0.455. The predicted molar refractivity (Wildman–Crippen MR) is 99.3 cm³/mol. The first-order valence-electron chi connectivity index (χ1n) is 9.22. The molecule has 2 aliphatic rings. The van der Waals surface area contributed by atoms with Crippen LogP contribution in [-0.2, 0) is 10.2 Å². The van der Waals surface area contributed by atoms with E-state index >= 15 is 0 Å². The number of hydrogen-bond acceptors (Lipinski definition) is 2. The van der Waals surface area contributed by atoms with Gasteiger partial charge in [0.1, 0.15) is 5.82 Å². The van der Waals surface area contributed by atoms with Crippen molar-refractivity contribution >= 4 is 5.69 Å². The van der Waals surface area contributed by atoms with Gasteiger partial charge in [-0.2, -0.15) is 0 Å². The summed E-state index contributed by atoms with van der Waals surface area (Å²) in [5.74, 6) is 0.118. The Bertz CT molecular complexity index is 780. The number of nitrogens with one attached hydrogen (secondary N) is 1.